The second kappa shape index (κ2) is 3.19. The third-order valence-corrected chi connectivity index (χ3v) is 2.85. The zero-order valence-electron chi connectivity index (χ0n) is 8.82. The summed E-state index contributed by atoms with van der Waals surface area (Å²) in [6.07, 6.45) is 7.95. The first-order chi connectivity index (χ1) is 7.01. The Morgan fingerprint density at radius 1 is 1.53 bits per heavy atom. The van der Waals surface area contributed by atoms with Crippen LogP contribution in [0.25, 0.3) is 0 Å². The summed E-state index contributed by atoms with van der Waals surface area (Å²) in [7, 11) is 0. The van der Waals surface area contributed by atoms with Crippen LogP contribution in [0.15, 0.2) is 40.6 Å². The van der Waals surface area contributed by atoms with Crippen LogP contribution in [-0.4, -0.2) is 16.8 Å². The lowest BCUT2D eigenvalue weighted by molar-refractivity contribution is -0.133. The summed E-state index contributed by atoms with van der Waals surface area (Å²) in [4.78, 5) is 15.3. The Hall–Kier alpha value is -1.64. The number of aliphatic carboxylic acids is 1. The van der Waals surface area contributed by atoms with Crippen molar-refractivity contribution in [1.82, 2.24) is 0 Å². The molecule has 2 rings (SSSR count). The maximum Gasteiger partial charge on any atom is 0.331 e. The number of carboxylic acid groups (broad SMARTS) is 1. The predicted octanol–water partition coefficient (Wildman–Crippen LogP) is 2.32. The minimum Gasteiger partial charge on any atom is -0.478 e. The normalized spacial score (nSPS) is 28.8. The molecule has 1 aliphatic carbocycles. The molecule has 2 aliphatic rings. The third kappa shape index (κ3) is 1.65. The summed E-state index contributed by atoms with van der Waals surface area (Å²) >= 11 is 0. The van der Waals surface area contributed by atoms with E-state index in [9.17, 15) is 4.79 Å². The largest absolute Gasteiger partial charge is 0.478 e. The van der Waals surface area contributed by atoms with Crippen LogP contribution in [0.3, 0.4) is 0 Å². The lowest BCUT2D eigenvalue weighted by atomic mass is 9.75. The van der Waals surface area contributed by atoms with Gasteiger partial charge in [0, 0.05) is 16.7 Å². The SMILES string of the molecule is CC1=NC2=CC=C(C(=O)O)CC2(C)C=C1. The Kier molecular flexibility index (Phi) is 2.11. The number of hydrogen-bond acceptors (Lipinski definition) is 2. The summed E-state index contributed by atoms with van der Waals surface area (Å²) in [6.45, 7) is 3.95. The molecule has 15 heavy (non-hydrogen) atoms. The Balaban J connectivity index is 2.43. The van der Waals surface area contributed by atoms with E-state index >= 15 is 0 Å². The van der Waals surface area contributed by atoms with Crippen LogP contribution in [0.2, 0.25) is 0 Å². The van der Waals surface area contributed by atoms with Gasteiger partial charge in [0.2, 0.25) is 0 Å². The summed E-state index contributed by atoms with van der Waals surface area (Å²) in [5, 5.41) is 8.94. The van der Waals surface area contributed by atoms with Crippen molar-refractivity contribution in [2.24, 2.45) is 10.4 Å². The second-order valence-electron chi connectivity index (χ2n) is 4.23. The molecule has 78 valence electrons. The first kappa shape index (κ1) is 9.90. The number of carbonyl (C=O) groups is 1. The smallest absolute Gasteiger partial charge is 0.331 e. The van der Waals surface area contributed by atoms with Gasteiger partial charge in [-0.3, -0.25) is 4.99 Å². The van der Waals surface area contributed by atoms with Crippen LogP contribution in [0.4, 0.5) is 0 Å². The van der Waals surface area contributed by atoms with Crippen molar-refractivity contribution < 1.29 is 9.90 Å². The van der Waals surface area contributed by atoms with Gasteiger partial charge < -0.3 is 5.11 Å². The van der Waals surface area contributed by atoms with Crippen LogP contribution in [0.5, 0.6) is 0 Å². The zero-order chi connectivity index (χ0) is 11.1. The highest BCUT2D eigenvalue weighted by Gasteiger charge is 2.33. The molecule has 1 N–H and O–H groups in total. The van der Waals surface area contributed by atoms with Crippen molar-refractivity contribution in [2.75, 3.05) is 0 Å². The van der Waals surface area contributed by atoms with Crippen molar-refractivity contribution in [3.05, 3.63) is 35.6 Å². The van der Waals surface area contributed by atoms with Gasteiger partial charge in [-0.15, -0.1) is 0 Å². The number of allylic oxidation sites excluding steroid dienone is 4. The molecule has 1 heterocycles. The van der Waals surface area contributed by atoms with E-state index in [2.05, 4.69) is 4.99 Å². The molecule has 3 heteroatoms. The number of fused-ring (bicyclic) bond motifs is 1. The van der Waals surface area contributed by atoms with Gasteiger partial charge in [0.25, 0.3) is 0 Å². The van der Waals surface area contributed by atoms with Crippen LogP contribution in [-0.2, 0) is 4.79 Å². The van der Waals surface area contributed by atoms with E-state index in [4.69, 9.17) is 5.11 Å². The third-order valence-electron chi connectivity index (χ3n) is 2.85. The number of dihydropyridines is 1. The molecule has 1 unspecified atom stereocenters. The summed E-state index contributed by atoms with van der Waals surface area (Å²) in [6, 6.07) is 0. The molecule has 0 aromatic carbocycles. The number of aliphatic imine (C=N–C) groups is 1. The van der Waals surface area contributed by atoms with E-state index in [0.717, 1.165) is 11.4 Å². The highest BCUT2D eigenvalue weighted by atomic mass is 16.4. The predicted molar refractivity (Wildman–Crippen MR) is 58.8 cm³/mol. The van der Waals surface area contributed by atoms with E-state index in [1.165, 1.54) is 0 Å². The van der Waals surface area contributed by atoms with E-state index in [0.29, 0.717) is 12.0 Å². The highest BCUT2D eigenvalue weighted by molar-refractivity contribution is 5.95. The fraction of sp³-hybridized carbons (Fsp3) is 0.333. The van der Waals surface area contributed by atoms with Gasteiger partial charge >= 0.3 is 5.97 Å². The number of nitrogens with zero attached hydrogens (tertiary/aromatic N) is 1. The average Bonchev–Trinajstić information content (AvgIpc) is 2.18. The van der Waals surface area contributed by atoms with E-state index in [-0.39, 0.29) is 5.41 Å². The molecule has 0 fully saturated rings. The molecule has 0 amide bonds. The minimum absolute atomic E-state index is 0.248. The Bertz CT molecular complexity index is 441. The Morgan fingerprint density at radius 2 is 2.27 bits per heavy atom. The van der Waals surface area contributed by atoms with Crippen LogP contribution in [0.1, 0.15) is 20.3 Å². The molecular formula is C12H13NO2. The van der Waals surface area contributed by atoms with Gasteiger partial charge in [-0.05, 0) is 31.6 Å². The van der Waals surface area contributed by atoms with Crippen molar-refractivity contribution in [2.45, 2.75) is 20.3 Å². The van der Waals surface area contributed by atoms with Crippen LogP contribution >= 0.6 is 0 Å². The molecular weight excluding hydrogens is 190 g/mol. The topological polar surface area (TPSA) is 49.7 Å². The Labute approximate surface area is 88.5 Å². The zero-order valence-corrected chi connectivity index (χ0v) is 8.82. The van der Waals surface area contributed by atoms with Gasteiger partial charge in [0.1, 0.15) is 0 Å². The quantitative estimate of drug-likeness (QED) is 0.711. The van der Waals surface area contributed by atoms with Crippen molar-refractivity contribution >= 4 is 11.7 Å². The Morgan fingerprint density at radius 3 is 2.93 bits per heavy atom. The monoisotopic (exact) mass is 203 g/mol. The summed E-state index contributed by atoms with van der Waals surface area (Å²) in [5.74, 6) is -0.841. The molecule has 1 aliphatic heterocycles. The molecule has 0 saturated heterocycles. The fourth-order valence-electron chi connectivity index (χ4n) is 1.90. The molecule has 0 aromatic rings. The summed E-state index contributed by atoms with van der Waals surface area (Å²) < 4.78 is 0. The molecule has 0 saturated carbocycles. The maximum absolute atomic E-state index is 10.9. The first-order valence-electron chi connectivity index (χ1n) is 4.90. The maximum atomic E-state index is 10.9. The van der Waals surface area contributed by atoms with Crippen molar-refractivity contribution in [3.8, 4) is 0 Å². The van der Waals surface area contributed by atoms with Crippen molar-refractivity contribution in [1.29, 1.82) is 0 Å². The van der Waals surface area contributed by atoms with Gasteiger partial charge in [-0.1, -0.05) is 13.0 Å². The van der Waals surface area contributed by atoms with Crippen molar-refractivity contribution in [3.63, 3.8) is 0 Å². The number of rotatable bonds is 1. The standard InChI is InChI=1S/C12H13NO2/c1-8-5-6-12(2)7-9(11(14)15)3-4-10(12)13-8/h3-6H,7H2,1-2H3,(H,14,15). The van der Waals surface area contributed by atoms with Gasteiger partial charge in [0.15, 0.2) is 0 Å². The second-order valence-corrected chi connectivity index (χ2v) is 4.23. The summed E-state index contributed by atoms with van der Waals surface area (Å²) in [5.41, 5.74) is 2.11. The van der Waals surface area contributed by atoms with Crippen LogP contribution < -0.4 is 0 Å². The molecule has 1 atom stereocenters. The lowest BCUT2D eigenvalue weighted by Gasteiger charge is -2.32. The van der Waals surface area contributed by atoms with Gasteiger partial charge in [-0.25, -0.2) is 4.79 Å². The van der Waals surface area contributed by atoms with Crippen LogP contribution in [0, 0.1) is 5.41 Å². The van der Waals surface area contributed by atoms with E-state index < -0.39 is 5.97 Å². The molecule has 0 radical (unpaired) electrons. The van der Waals surface area contributed by atoms with E-state index in [1.54, 1.807) is 12.2 Å². The highest BCUT2D eigenvalue weighted by Crippen LogP contribution is 2.41. The minimum atomic E-state index is -0.841. The number of hydrogen-bond donors (Lipinski definition) is 1. The van der Waals surface area contributed by atoms with Gasteiger partial charge in [0.05, 0.1) is 5.70 Å². The number of carboxylic acids is 1. The lowest BCUT2D eigenvalue weighted by Crippen LogP contribution is -2.24. The van der Waals surface area contributed by atoms with E-state index in [1.807, 2.05) is 26.0 Å². The first-order valence-corrected chi connectivity index (χ1v) is 4.90. The molecule has 0 aromatic heterocycles. The average molecular weight is 203 g/mol. The van der Waals surface area contributed by atoms with Gasteiger partial charge in [-0.2, -0.15) is 0 Å². The molecule has 3 nitrogen and oxygen atoms in total. The fourth-order valence-corrected chi connectivity index (χ4v) is 1.90. The molecule has 0 spiro atoms. The molecule has 0 bridgehead atoms.